The summed E-state index contributed by atoms with van der Waals surface area (Å²) in [5.74, 6) is -0.520. The van der Waals surface area contributed by atoms with Crippen molar-refractivity contribution in [3.8, 4) is 29.0 Å². The van der Waals surface area contributed by atoms with E-state index in [-0.39, 0.29) is 68.1 Å². The molecular formula is C29H31ClFN9O3S. The number of phenolic OH excluding ortho intramolecular Hbond substituents is 1. The highest BCUT2D eigenvalue weighted by molar-refractivity contribution is 7.22. The molecule has 230 valence electrons. The maximum atomic E-state index is 14.6. The maximum absolute atomic E-state index is 14.6. The first-order chi connectivity index (χ1) is 21.2. The van der Waals surface area contributed by atoms with Gasteiger partial charge in [-0.1, -0.05) is 22.9 Å². The number of piperazine rings is 1. The van der Waals surface area contributed by atoms with Gasteiger partial charge in [-0.05, 0) is 44.6 Å². The molecule has 15 heteroatoms. The van der Waals surface area contributed by atoms with Crippen LogP contribution >= 0.6 is 22.9 Å². The molecule has 4 heterocycles. The van der Waals surface area contributed by atoms with E-state index in [1.807, 2.05) is 11.9 Å². The van der Waals surface area contributed by atoms with Crippen molar-refractivity contribution >= 4 is 60.9 Å². The Kier molecular flexibility index (Phi) is 8.30. The molecule has 0 spiro atoms. The van der Waals surface area contributed by atoms with Crippen molar-refractivity contribution < 1.29 is 19.0 Å². The van der Waals surface area contributed by atoms with Gasteiger partial charge >= 0.3 is 6.01 Å². The normalized spacial score (nSPS) is 19.2. The molecule has 2 aromatic heterocycles. The Balaban J connectivity index is 1.48. The van der Waals surface area contributed by atoms with Gasteiger partial charge in [-0.25, -0.2) is 9.37 Å². The maximum Gasteiger partial charge on any atom is 0.319 e. The van der Waals surface area contributed by atoms with Crippen LogP contribution in [0.5, 0.6) is 11.8 Å². The molecule has 2 aromatic carbocycles. The molecule has 2 fully saturated rings. The van der Waals surface area contributed by atoms with Crippen LogP contribution in [0.3, 0.4) is 0 Å². The monoisotopic (exact) mass is 639 g/mol. The number of nitriles is 1. The summed E-state index contributed by atoms with van der Waals surface area (Å²) in [4.78, 5) is 32.0. The van der Waals surface area contributed by atoms with Crippen LogP contribution in [0.1, 0.15) is 19.3 Å². The first kappa shape index (κ1) is 30.0. The van der Waals surface area contributed by atoms with Gasteiger partial charge in [0.25, 0.3) is 0 Å². The number of ether oxygens (including phenoxy) is 1. The number of benzene rings is 2. The number of anilines is 2. The number of phenols is 1. The number of likely N-dealkylation sites (tertiary alicyclic amines) is 1. The van der Waals surface area contributed by atoms with E-state index in [0.29, 0.717) is 43.0 Å². The second-order valence-corrected chi connectivity index (χ2v) is 12.4. The zero-order chi connectivity index (χ0) is 31.1. The molecule has 12 nitrogen and oxygen atoms in total. The summed E-state index contributed by atoms with van der Waals surface area (Å²) in [6, 6.07) is 6.43. The molecule has 0 unspecified atom stereocenters. The first-order valence-corrected chi connectivity index (χ1v) is 15.4. The molecule has 0 saturated carbocycles. The van der Waals surface area contributed by atoms with E-state index in [4.69, 9.17) is 32.8 Å². The molecule has 0 bridgehead atoms. The number of aromatic hydroxyl groups is 1. The standard InChI is InChI=1S/C29H31ClFN9O3S/c1-38-8-2-3-16(38)14-43-29-36-23-18(27(37-29)39-9-10-40(21(41)12-33)15(13-39)6-7-32)11-19(30)22(25(23)42)17-4-5-20(31)26-24(17)35-28(34)44-26/h4-5,11,15-16,42H,2-3,6,8-10,12-14,33H2,1H3,(H2,34,35)/t15-,16-/m0/s1. The molecule has 2 aliphatic heterocycles. The third-order valence-corrected chi connectivity index (χ3v) is 9.53. The topological polar surface area (TPSA) is 171 Å². The Morgan fingerprint density at radius 3 is 2.80 bits per heavy atom. The third-order valence-electron chi connectivity index (χ3n) is 8.34. The van der Waals surface area contributed by atoms with Crippen molar-refractivity contribution in [3.05, 3.63) is 29.0 Å². The molecule has 2 atom stereocenters. The molecule has 5 N–H and O–H groups in total. The van der Waals surface area contributed by atoms with Crippen LogP contribution in [0.25, 0.3) is 32.2 Å². The molecule has 2 aliphatic rings. The number of carbonyl (C=O) groups excluding carboxylic acids is 1. The lowest BCUT2D eigenvalue weighted by atomic mass is 10.0. The summed E-state index contributed by atoms with van der Waals surface area (Å²) in [5.41, 5.74) is 12.6. The molecule has 6 rings (SSSR count). The van der Waals surface area contributed by atoms with Gasteiger partial charge in [0.05, 0.1) is 40.3 Å². The Bertz CT molecular complexity index is 1800. The lowest BCUT2D eigenvalue weighted by Gasteiger charge is -2.41. The SMILES string of the molecule is CN1CCC[C@H]1COc1nc(N2CCN(C(=O)CN)[C@@H](CC#N)C2)c2cc(Cl)c(-c3ccc(F)c4sc(N)nc34)c(O)c2n1. The Morgan fingerprint density at radius 2 is 2.07 bits per heavy atom. The van der Waals surface area contributed by atoms with Gasteiger partial charge in [-0.3, -0.25) is 4.79 Å². The molecular weight excluding hydrogens is 609 g/mol. The summed E-state index contributed by atoms with van der Waals surface area (Å²) < 4.78 is 21.0. The van der Waals surface area contributed by atoms with Crippen molar-refractivity contribution in [1.29, 1.82) is 5.26 Å². The minimum atomic E-state index is -0.481. The zero-order valence-corrected chi connectivity index (χ0v) is 25.5. The van der Waals surface area contributed by atoms with Crippen LogP contribution in [0.15, 0.2) is 18.2 Å². The first-order valence-electron chi connectivity index (χ1n) is 14.2. The number of thiazole rings is 1. The van der Waals surface area contributed by atoms with Gasteiger partial charge in [-0.15, -0.1) is 0 Å². The molecule has 1 amide bonds. The number of nitrogens with zero attached hydrogens (tertiary/aromatic N) is 7. The Morgan fingerprint density at radius 1 is 1.25 bits per heavy atom. The number of aromatic nitrogens is 3. The van der Waals surface area contributed by atoms with Crippen molar-refractivity contribution in [3.63, 3.8) is 0 Å². The van der Waals surface area contributed by atoms with E-state index in [9.17, 15) is 19.6 Å². The number of likely N-dealkylation sites (N-methyl/N-ethyl adjacent to an activating group) is 1. The second-order valence-electron chi connectivity index (χ2n) is 11.0. The van der Waals surface area contributed by atoms with Crippen molar-refractivity contribution in [2.24, 2.45) is 5.73 Å². The summed E-state index contributed by atoms with van der Waals surface area (Å²) >= 11 is 7.84. The lowest BCUT2D eigenvalue weighted by molar-refractivity contribution is -0.132. The van der Waals surface area contributed by atoms with Crippen LogP contribution < -0.4 is 21.1 Å². The van der Waals surface area contributed by atoms with E-state index < -0.39 is 11.9 Å². The average Bonchev–Trinajstić information content (AvgIpc) is 3.62. The predicted octanol–water partition coefficient (Wildman–Crippen LogP) is 3.35. The smallest absolute Gasteiger partial charge is 0.319 e. The number of nitrogens with two attached hydrogens (primary N) is 2. The van der Waals surface area contributed by atoms with Crippen LogP contribution in [0, 0.1) is 17.1 Å². The molecule has 2 saturated heterocycles. The highest BCUT2D eigenvalue weighted by Crippen LogP contribution is 2.46. The van der Waals surface area contributed by atoms with Crippen molar-refractivity contribution in [2.75, 3.05) is 57.0 Å². The van der Waals surface area contributed by atoms with Gasteiger partial charge in [0, 0.05) is 42.2 Å². The van der Waals surface area contributed by atoms with E-state index in [1.54, 1.807) is 11.0 Å². The van der Waals surface area contributed by atoms with Gasteiger partial charge in [0.1, 0.15) is 23.8 Å². The largest absolute Gasteiger partial charge is 0.505 e. The number of hydrogen-bond donors (Lipinski definition) is 3. The third kappa shape index (κ3) is 5.41. The number of halogens is 2. The van der Waals surface area contributed by atoms with Gasteiger partial charge in [0.2, 0.25) is 5.91 Å². The number of carbonyl (C=O) groups is 1. The van der Waals surface area contributed by atoms with Gasteiger partial charge in [-0.2, -0.15) is 15.2 Å². The fourth-order valence-electron chi connectivity index (χ4n) is 6.07. The highest BCUT2D eigenvalue weighted by Gasteiger charge is 2.33. The molecule has 4 aromatic rings. The number of hydrogen-bond acceptors (Lipinski definition) is 12. The van der Waals surface area contributed by atoms with Gasteiger partial charge < -0.3 is 36.0 Å². The van der Waals surface area contributed by atoms with E-state index in [1.165, 1.54) is 12.1 Å². The fourth-order valence-corrected chi connectivity index (χ4v) is 7.14. The Labute approximate surface area is 261 Å². The summed E-state index contributed by atoms with van der Waals surface area (Å²) in [5, 5.41) is 22.0. The quantitative estimate of drug-likeness (QED) is 0.271. The zero-order valence-electron chi connectivity index (χ0n) is 24.0. The minimum absolute atomic E-state index is 0.0656. The molecule has 0 aliphatic carbocycles. The van der Waals surface area contributed by atoms with Crippen LogP contribution in [0.4, 0.5) is 15.3 Å². The van der Waals surface area contributed by atoms with E-state index in [0.717, 1.165) is 30.7 Å². The number of nitrogen functional groups attached to an aromatic ring is 1. The van der Waals surface area contributed by atoms with Crippen LogP contribution in [-0.2, 0) is 4.79 Å². The van der Waals surface area contributed by atoms with E-state index >= 15 is 0 Å². The molecule has 0 radical (unpaired) electrons. The summed E-state index contributed by atoms with van der Waals surface area (Å²) in [6.07, 6.45) is 2.15. The average molecular weight is 640 g/mol. The van der Waals surface area contributed by atoms with Crippen LogP contribution in [-0.4, -0.2) is 94.2 Å². The lowest BCUT2D eigenvalue weighted by Crippen LogP contribution is -2.56. The highest BCUT2D eigenvalue weighted by atomic mass is 35.5. The van der Waals surface area contributed by atoms with E-state index in [2.05, 4.69) is 20.9 Å². The number of rotatable bonds is 7. The van der Waals surface area contributed by atoms with Crippen molar-refractivity contribution in [2.45, 2.75) is 31.3 Å². The number of amides is 1. The second kappa shape index (κ2) is 12.2. The van der Waals surface area contributed by atoms with Gasteiger partial charge in [0.15, 0.2) is 10.9 Å². The summed E-state index contributed by atoms with van der Waals surface area (Å²) in [7, 11) is 2.04. The Hall–Kier alpha value is -4.03. The minimum Gasteiger partial charge on any atom is -0.505 e. The fraction of sp³-hybridized carbons (Fsp3) is 0.414. The number of fused-ring (bicyclic) bond motifs is 2. The van der Waals surface area contributed by atoms with Crippen molar-refractivity contribution in [1.82, 2.24) is 24.8 Å². The van der Waals surface area contributed by atoms with Crippen LogP contribution in [0.2, 0.25) is 5.02 Å². The predicted molar refractivity (Wildman–Crippen MR) is 167 cm³/mol. The summed E-state index contributed by atoms with van der Waals surface area (Å²) in [6.45, 7) is 2.19. The molecule has 44 heavy (non-hydrogen) atoms.